The first kappa shape index (κ1) is 25.5. The lowest BCUT2D eigenvalue weighted by Gasteiger charge is -2.01. The first-order valence-electron chi connectivity index (χ1n) is 9.57. The molecule has 0 aliphatic carbocycles. The molecule has 3 aromatic rings. The smallest absolute Gasteiger partial charge is 0.398 e. The maximum Gasteiger partial charge on any atom is 0.466 e. The Morgan fingerprint density at radius 2 is 0.939 bits per heavy atom. The van der Waals surface area contributed by atoms with Crippen LogP contribution < -0.4 is 11.5 Å². The minimum Gasteiger partial charge on any atom is -0.398 e. The number of benzene rings is 3. The van der Waals surface area contributed by atoms with Gasteiger partial charge in [0, 0.05) is 22.5 Å². The van der Waals surface area contributed by atoms with Crippen molar-refractivity contribution in [3.63, 3.8) is 0 Å². The van der Waals surface area contributed by atoms with E-state index in [2.05, 4.69) is 0 Å². The lowest BCUT2D eigenvalue weighted by molar-refractivity contribution is 0.104. The zero-order valence-electron chi connectivity index (χ0n) is 17.4. The van der Waals surface area contributed by atoms with Gasteiger partial charge in [-0.15, -0.1) is 0 Å². The molecular weight excluding hydrogens is 443 g/mol. The Balaban J connectivity index is 0.000000696. The number of rotatable bonds is 6. The third-order valence-corrected chi connectivity index (χ3v) is 4.24. The Hall–Kier alpha value is -3.81. The maximum atomic E-state index is 12.2. The molecule has 0 aromatic heterocycles. The molecule has 0 saturated heterocycles. The van der Waals surface area contributed by atoms with Crippen LogP contribution in [0.15, 0.2) is 84.9 Å². The molecule has 170 valence electrons. The van der Waals surface area contributed by atoms with Gasteiger partial charge in [0.1, 0.15) is 0 Å². The summed E-state index contributed by atoms with van der Waals surface area (Å²) in [5.41, 5.74) is 15.3. The monoisotopic (exact) mass is 466 g/mol. The molecule has 0 spiro atoms. The van der Waals surface area contributed by atoms with Gasteiger partial charge in [0.2, 0.25) is 0 Å². The highest BCUT2D eigenvalue weighted by Gasteiger charge is 2.06. The number of allylic oxidation sites excluding steroid dienone is 2. The summed E-state index contributed by atoms with van der Waals surface area (Å²) in [5.74, 6) is -0.291. The van der Waals surface area contributed by atoms with Gasteiger partial charge in [-0.25, -0.2) is 4.57 Å². The summed E-state index contributed by atoms with van der Waals surface area (Å²) < 4.78 is 8.88. The third kappa shape index (κ3) is 9.06. The zero-order valence-corrected chi connectivity index (χ0v) is 18.3. The molecular formula is C24H23N2O6P. The molecule has 9 heteroatoms. The van der Waals surface area contributed by atoms with E-state index in [1.165, 1.54) is 12.2 Å². The van der Waals surface area contributed by atoms with Crippen LogP contribution in [0.4, 0.5) is 11.4 Å². The van der Waals surface area contributed by atoms with E-state index in [1.54, 1.807) is 60.7 Å². The lowest BCUT2D eigenvalue weighted by atomic mass is 10.1. The lowest BCUT2D eigenvalue weighted by Crippen LogP contribution is -2.00. The van der Waals surface area contributed by atoms with Gasteiger partial charge in [0.15, 0.2) is 11.6 Å². The number of phosphoric acid groups is 1. The van der Waals surface area contributed by atoms with Crippen LogP contribution in [0.2, 0.25) is 0 Å². The molecule has 0 saturated carbocycles. The van der Waals surface area contributed by atoms with Crippen molar-refractivity contribution in [2.75, 3.05) is 11.5 Å². The molecule has 0 bridgehead atoms. The van der Waals surface area contributed by atoms with Crippen molar-refractivity contribution in [1.82, 2.24) is 0 Å². The van der Waals surface area contributed by atoms with Crippen LogP contribution in [-0.4, -0.2) is 26.2 Å². The van der Waals surface area contributed by atoms with Crippen molar-refractivity contribution in [1.29, 1.82) is 0 Å². The normalized spacial score (nSPS) is 11.2. The standard InChI is InChI=1S/C24H20N2O2.H3O4P/c25-21-7-3-1-5-19(21)23(27)15-13-17-9-11-18(12-10-17)14-16-24(28)20-6-2-4-8-22(20)26;1-5(2,3)4/h1-16H,25-26H2;(H3,1,2,3,4). The Bertz CT molecular complexity index is 1130. The second-order valence-electron chi connectivity index (χ2n) is 6.75. The minimum absolute atomic E-state index is 0.145. The highest BCUT2D eigenvalue weighted by molar-refractivity contribution is 7.45. The van der Waals surface area contributed by atoms with Gasteiger partial charge in [0.25, 0.3) is 0 Å². The number of carbonyl (C=O) groups excluding carboxylic acids is 2. The second-order valence-corrected chi connectivity index (χ2v) is 7.78. The summed E-state index contributed by atoms with van der Waals surface area (Å²) in [5, 5.41) is 0. The summed E-state index contributed by atoms with van der Waals surface area (Å²) in [7, 11) is -4.64. The summed E-state index contributed by atoms with van der Waals surface area (Å²) in [4.78, 5) is 46.0. The number of nitrogens with two attached hydrogens (primary N) is 2. The fourth-order valence-electron chi connectivity index (χ4n) is 2.68. The Labute approximate surface area is 190 Å². The summed E-state index contributed by atoms with van der Waals surface area (Å²) in [6.45, 7) is 0. The van der Waals surface area contributed by atoms with E-state index >= 15 is 0 Å². The van der Waals surface area contributed by atoms with Crippen molar-refractivity contribution in [3.8, 4) is 0 Å². The summed E-state index contributed by atoms with van der Waals surface area (Å²) >= 11 is 0. The molecule has 8 nitrogen and oxygen atoms in total. The first-order valence-corrected chi connectivity index (χ1v) is 11.1. The van der Waals surface area contributed by atoms with E-state index in [0.29, 0.717) is 22.5 Å². The summed E-state index contributed by atoms with van der Waals surface area (Å²) in [6.07, 6.45) is 6.46. The number of nitrogen functional groups attached to an aromatic ring is 2. The largest absolute Gasteiger partial charge is 0.466 e. The molecule has 0 amide bonds. The third-order valence-electron chi connectivity index (χ3n) is 4.24. The number of anilines is 2. The molecule has 7 N–H and O–H groups in total. The van der Waals surface area contributed by atoms with Crippen molar-refractivity contribution in [2.45, 2.75) is 0 Å². The average Bonchev–Trinajstić information content (AvgIpc) is 2.76. The van der Waals surface area contributed by atoms with Crippen molar-refractivity contribution in [2.24, 2.45) is 0 Å². The SMILES string of the molecule is Nc1ccccc1C(=O)C=Cc1ccc(C=CC(=O)c2ccccc2N)cc1.O=P(O)(O)O. The predicted octanol–water partition coefficient (Wildman–Crippen LogP) is 3.71. The van der Waals surface area contributed by atoms with E-state index < -0.39 is 7.82 Å². The quantitative estimate of drug-likeness (QED) is 0.159. The van der Waals surface area contributed by atoms with Crippen molar-refractivity contribution < 1.29 is 28.8 Å². The van der Waals surface area contributed by atoms with Crippen LogP contribution in [0.25, 0.3) is 12.2 Å². The van der Waals surface area contributed by atoms with E-state index in [0.717, 1.165) is 11.1 Å². The van der Waals surface area contributed by atoms with Crippen molar-refractivity contribution in [3.05, 3.63) is 107 Å². The van der Waals surface area contributed by atoms with Gasteiger partial charge in [0.05, 0.1) is 0 Å². The van der Waals surface area contributed by atoms with Crippen LogP contribution >= 0.6 is 7.82 Å². The minimum atomic E-state index is -4.64. The molecule has 0 unspecified atom stereocenters. The topological polar surface area (TPSA) is 164 Å². The van der Waals surface area contributed by atoms with Crippen LogP contribution in [0, 0.1) is 0 Å². The van der Waals surface area contributed by atoms with Crippen molar-refractivity contribution >= 4 is 42.9 Å². The number of hydrogen-bond donors (Lipinski definition) is 5. The van der Waals surface area contributed by atoms with Gasteiger partial charge in [-0.2, -0.15) is 0 Å². The molecule has 3 rings (SSSR count). The number of carbonyl (C=O) groups is 2. The molecule has 0 fully saturated rings. The van der Waals surface area contributed by atoms with Crippen LogP contribution in [0.5, 0.6) is 0 Å². The summed E-state index contributed by atoms with van der Waals surface area (Å²) in [6, 6.07) is 21.4. The molecule has 3 aromatic carbocycles. The van der Waals surface area contributed by atoms with Gasteiger partial charge in [-0.1, -0.05) is 60.7 Å². The predicted molar refractivity (Wildman–Crippen MR) is 129 cm³/mol. The van der Waals surface area contributed by atoms with E-state index in [9.17, 15) is 9.59 Å². The van der Waals surface area contributed by atoms with Crippen LogP contribution in [0.3, 0.4) is 0 Å². The molecule has 0 aliphatic heterocycles. The number of hydrogen-bond acceptors (Lipinski definition) is 5. The molecule has 33 heavy (non-hydrogen) atoms. The Morgan fingerprint density at radius 1 is 0.636 bits per heavy atom. The first-order chi connectivity index (χ1) is 15.5. The number of para-hydroxylation sites is 2. The molecule has 0 heterocycles. The Kier molecular flexibility index (Phi) is 9.03. The number of ketones is 2. The van der Waals surface area contributed by atoms with Gasteiger partial charge in [-0.3, -0.25) is 9.59 Å². The molecule has 0 atom stereocenters. The molecule has 0 aliphatic rings. The van der Waals surface area contributed by atoms with Crippen LogP contribution in [0.1, 0.15) is 31.8 Å². The fraction of sp³-hybridized carbons (Fsp3) is 0. The molecule has 0 radical (unpaired) electrons. The van der Waals surface area contributed by atoms with E-state index in [4.69, 9.17) is 30.7 Å². The highest BCUT2D eigenvalue weighted by atomic mass is 31.2. The van der Waals surface area contributed by atoms with E-state index in [1.807, 2.05) is 24.3 Å². The zero-order chi connectivity index (χ0) is 24.4. The van der Waals surface area contributed by atoms with E-state index in [-0.39, 0.29) is 11.6 Å². The van der Waals surface area contributed by atoms with Gasteiger partial charge >= 0.3 is 7.82 Å². The average molecular weight is 466 g/mol. The maximum absolute atomic E-state index is 12.2. The fourth-order valence-corrected chi connectivity index (χ4v) is 2.68. The van der Waals surface area contributed by atoms with Gasteiger partial charge < -0.3 is 26.1 Å². The Morgan fingerprint density at radius 3 is 1.24 bits per heavy atom. The highest BCUT2D eigenvalue weighted by Crippen LogP contribution is 2.25. The van der Waals surface area contributed by atoms with Crippen LogP contribution in [-0.2, 0) is 4.57 Å². The van der Waals surface area contributed by atoms with Gasteiger partial charge in [-0.05, 0) is 47.5 Å². The second kappa shape index (κ2) is 11.7.